The topological polar surface area (TPSA) is 41.5 Å². The number of hydrogen-bond acceptors (Lipinski definition) is 3. The van der Waals surface area contributed by atoms with Gasteiger partial charge in [-0.3, -0.25) is 0 Å². The molecule has 2 aliphatic carbocycles. The molecule has 2 N–H and O–H groups in total. The highest BCUT2D eigenvalue weighted by Crippen LogP contribution is 2.48. The van der Waals surface area contributed by atoms with Gasteiger partial charge in [-0.05, 0) is 56.8 Å². The normalized spacial score (nSPS) is 33.4. The summed E-state index contributed by atoms with van der Waals surface area (Å²) in [7, 11) is 0. The maximum atomic E-state index is 9.06. The number of aliphatic hydroxyl groups is 1. The van der Waals surface area contributed by atoms with Crippen LogP contribution < -0.4 is 5.32 Å². The van der Waals surface area contributed by atoms with Gasteiger partial charge in [0.15, 0.2) is 0 Å². The predicted octanol–water partition coefficient (Wildman–Crippen LogP) is 1.84. The zero-order chi connectivity index (χ0) is 11.8. The van der Waals surface area contributed by atoms with Crippen LogP contribution in [0.5, 0.6) is 0 Å². The van der Waals surface area contributed by atoms with Crippen LogP contribution >= 0.6 is 0 Å². The minimum atomic E-state index is 0.254. The molecule has 98 valence electrons. The molecule has 0 aromatic heterocycles. The Morgan fingerprint density at radius 3 is 2.65 bits per heavy atom. The van der Waals surface area contributed by atoms with Crippen LogP contribution in [0.3, 0.4) is 0 Å². The lowest BCUT2D eigenvalue weighted by Gasteiger charge is -2.47. The van der Waals surface area contributed by atoms with Crippen molar-refractivity contribution >= 4 is 0 Å². The molecule has 0 aromatic carbocycles. The van der Waals surface area contributed by atoms with Gasteiger partial charge in [0.2, 0.25) is 0 Å². The van der Waals surface area contributed by atoms with Gasteiger partial charge in [-0.2, -0.15) is 0 Å². The van der Waals surface area contributed by atoms with Crippen molar-refractivity contribution in [2.75, 3.05) is 19.8 Å². The van der Waals surface area contributed by atoms with Crippen molar-refractivity contribution in [2.24, 2.45) is 5.41 Å². The number of aliphatic hydroxyl groups excluding tert-OH is 1. The molecule has 3 fully saturated rings. The van der Waals surface area contributed by atoms with Gasteiger partial charge in [0.05, 0.1) is 5.60 Å². The summed E-state index contributed by atoms with van der Waals surface area (Å²) >= 11 is 0. The Labute approximate surface area is 104 Å². The molecule has 3 heteroatoms. The summed E-state index contributed by atoms with van der Waals surface area (Å²) in [4.78, 5) is 0. The maximum Gasteiger partial charge on any atom is 0.0697 e. The molecule has 17 heavy (non-hydrogen) atoms. The number of hydrogen-bond donors (Lipinski definition) is 2. The Bertz CT molecular complexity index is 271. The Kier molecular flexibility index (Phi) is 3.18. The standard InChI is InChI=1S/C14H25NO2/c16-8-7-13(5-6-13)11-15-12-2-9-17-14(10-12)3-1-4-14/h12,15-16H,1-11H2. The first-order chi connectivity index (χ1) is 8.26. The van der Waals surface area contributed by atoms with Crippen molar-refractivity contribution in [2.45, 2.75) is 63.0 Å². The second-order valence-electron chi connectivity index (χ2n) is 6.43. The third kappa shape index (κ3) is 2.51. The van der Waals surface area contributed by atoms with Crippen molar-refractivity contribution in [3.63, 3.8) is 0 Å². The van der Waals surface area contributed by atoms with Crippen molar-refractivity contribution in [3.05, 3.63) is 0 Å². The average molecular weight is 239 g/mol. The zero-order valence-electron chi connectivity index (χ0n) is 10.7. The predicted molar refractivity (Wildman–Crippen MR) is 66.9 cm³/mol. The molecule has 1 unspecified atom stereocenters. The Morgan fingerprint density at radius 2 is 2.06 bits per heavy atom. The molecule has 0 amide bonds. The Morgan fingerprint density at radius 1 is 1.24 bits per heavy atom. The summed E-state index contributed by atoms with van der Waals surface area (Å²) in [5, 5.41) is 12.8. The summed E-state index contributed by atoms with van der Waals surface area (Å²) in [5.74, 6) is 0. The third-order valence-corrected chi connectivity index (χ3v) is 5.12. The molecular formula is C14H25NO2. The average Bonchev–Trinajstić information content (AvgIpc) is 3.06. The summed E-state index contributed by atoms with van der Waals surface area (Å²) in [6, 6.07) is 0.653. The van der Waals surface area contributed by atoms with Crippen molar-refractivity contribution in [1.82, 2.24) is 5.32 Å². The van der Waals surface area contributed by atoms with E-state index in [0.717, 1.165) is 26.0 Å². The molecule has 1 aliphatic heterocycles. The van der Waals surface area contributed by atoms with Crippen molar-refractivity contribution < 1.29 is 9.84 Å². The maximum absolute atomic E-state index is 9.06. The van der Waals surface area contributed by atoms with Crippen molar-refractivity contribution in [1.29, 1.82) is 0 Å². The first-order valence-electron chi connectivity index (χ1n) is 7.24. The van der Waals surface area contributed by atoms with Crippen LogP contribution in [0.15, 0.2) is 0 Å². The number of rotatable bonds is 5. The number of ether oxygens (including phenoxy) is 1. The van der Waals surface area contributed by atoms with E-state index in [1.165, 1.54) is 38.5 Å². The SMILES string of the molecule is OCCC1(CNC2CCOC3(CCC3)C2)CC1. The molecule has 0 bridgehead atoms. The van der Waals surface area contributed by atoms with E-state index in [0.29, 0.717) is 18.1 Å². The third-order valence-electron chi connectivity index (χ3n) is 5.12. The fourth-order valence-electron chi connectivity index (χ4n) is 3.41. The smallest absolute Gasteiger partial charge is 0.0697 e. The lowest BCUT2D eigenvalue weighted by Crippen LogP contribution is -2.51. The highest BCUT2D eigenvalue weighted by atomic mass is 16.5. The molecule has 0 radical (unpaired) electrons. The van der Waals surface area contributed by atoms with Gasteiger partial charge in [-0.15, -0.1) is 0 Å². The molecule has 3 aliphatic rings. The van der Waals surface area contributed by atoms with Gasteiger partial charge in [0, 0.05) is 25.8 Å². The minimum Gasteiger partial charge on any atom is -0.396 e. The lowest BCUT2D eigenvalue weighted by molar-refractivity contribution is -0.135. The van der Waals surface area contributed by atoms with Gasteiger partial charge in [0.1, 0.15) is 0 Å². The van der Waals surface area contributed by atoms with E-state index in [-0.39, 0.29) is 5.60 Å². The van der Waals surface area contributed by atoms with E-state index in [1.807, 2.05) is 0 Å². The van der Waals surface area contributed by atoms with E-state index in [1.54, 1.807) is 0 Å². The second kappa shape index (κ2) is 4.52. The summed E-state index contributed by atoms with van der Waals surface area (Å²) in [6.45, 7) is 2.39. The monoisotopic (exact) mass is 239 g/mol. The van der Waals surface area contributed by atoms with Gasteiger partial charge < -0.3 is 15.2 Å². The second-order valence-corrected chi connectivity index (χ2v) is 6.43. The van der Waals surface area contributed by atoms with E-state index >= 15 is 0 Å². The molecule has 1 spiro atoms. The van der Waals surface area contributed by atoms with E-state index in [2.05, 4.69) is 5.32 Å². The highest BCUT2D eigenvalue weighted by molar-refractivity contribution is 4.99. The molecule has 2 saturated carbocycles. The van der Waals surface area contributed by atoms with Crippen LogP contribution in [0.25, 0.3) is 0 Å². The van der Waals surface area contributed by atoms with Crippen LogP contribution in [-0.2, 0) is 4.74 Å². The van der Waals surface area contributed by atoms with Crippen molar-refractivity contribution in [3.8, 4) is 0 Å². The molecule has 1 saturated heterocycles. The Hall–Kier alpha value is -0.120. The van der Waals surface area contributed by atoms with Crippen LogP contribution in [-0.4, -0.2) is 36.5 Å². The van der Waals surface area contributed by atoms with Gasteiger partial charge >= 0.3 is 0 Å². The lowest BCUT2D eigenvalue weighted by atomic mass is 9.74. The fraction of sp³-hybridized carbons (Fsp3) is 1.00. The van der Waals surface area contributed by atoms with Gasteiger partial charge in [0.25, 0.3) is 0 Å². The summed E-state index contributed by atoms with van der Waals surface area (Å²) in [6.07, 6.45) is 9.85. The molecular weight excluding hydrogens is 214 g/mol. The van der Waals surface area contributed by atoms with E-state index in [4.69, 9.17) is 9.84 Å². The van der Waals surface area contributed by atoms with E-state index in [9.17, 15) is 0 Å². The first kappa shape index (κ1) is 11.9. The molecule has 0 aromatic rings. The number of nitrogens with one attached hydrogen (secondary N) is 1. The van der Waals surface area contributed by atoms with Crippen LogP contribution in [0, 0.1) is 5.41 Å². The fourth-order valence-corrected chi connectivity index (χ4v) is 3.41. The summed E-state index contributed by atoms with van der Waals surface area (Å²) < 4.78 is 5.95. The molecule has 1 atom stereocenters. The molecule has 3 rings (SSSR count). The van der Waals surface area contributed by atoms with Crippen LogP contribution in [0.2, 0.25) is 0 Å². The minimum absolute atomic E-state index is 0.254. The Balaban J connectivity index is 1.45. The van der Waals surface area contributed by atoms with Crippen LogP contribution in [0.1, 0.15) is 51.4 Å². The van der Waals surface area contributed by atoms with Gasteiger partial charge in [-0.25, -0.2) is 0 Å². The quantitative estimate of drug-likeness (QED) is 0.769. The first-order valence-corrected chi connectivity index (χ1v) is 7.24. The van der Waals surface area contributed by atoms with Crippen LogP contribution in [0.4, 0.5) is 0 Å². The molecule has 3 nitrogen and oxygen atoms in total. The van der Waals surface area contributed by atoms with Gasteiger partial charge in [-0.1, -0.05) is 0 Å². The molecule has 1 heterocycles. The van der Waals surface area contributed by atoms with E-state index < -0.39 is 0 Å². The zero-order valence-corrected chi connectivity index (χ0v) is 10.7. The largest absolute Gasteiger partial charge is 0.396 e. The highest BCUT2D eigenvalue weighted by Gasteiger charge is 2.45. The summed E-state index contributed by atoms with van der Waals surface area (Å²) in [5.41, 5.74) is 0.698.